The molecule has 2 aromatic rings. The summed E-state index contributed by atoms with van der Waals surface area (Å²) in [4.78, 5) is 27.7. The van der Waals surface area contributed by atoms with Crippen LogP contribution in [0.1, 0.15) is 11.3 Å². The lowest BCUT2D eigenvalue weighted by molar-refractivity contribution is -0.121. The fraction of sp³-hybridized carbons (Fsp3) is 0.312. The van der Waals surface area contributed by atoms with Crippen LogP contribution < -0.4 is 10.6 Å². The van der Waals surface area contributed by atoms with Crippen molar-refractivity contribution in [2.24, 2.45) is 0 Å². The molecule has 24 heavy (non-hydrogen) atoms. The lowest BCUT2D eigenvalue weighted by Crippen LogP contribution is -2.26. The Kier molecular flexibility index (Phi) is 6.83. The van der Waals surface area contributed by atoms with Crippen molar-refractivity contribution < 1.29 is 14.7 Å². The number of imidazole rings is 1. The molecule has 1 heterocycles. The van der Waals surface area contributed by atoms with Gasteiger partial charge in [-0.25, -0.2) is 4.98 Å². The Morgan fingerprint density at radius 3 is 2.67 bits per heavy atom. The molecule has 3 N–H and O–H groups in total. The van der Waals surface area contributed by atoms with Crippen molar-refractivity contribution in [1.29, 1.82) is 0 Å². The second kappa shape index (κ2) is 9.09. The van der Waals surface area contributed by atoms with E-state index in [4.69, 9.17) is 0 Å². The van der Waals surface area contributed by atoms with Gasteiger partial charge in [0.2, 0.25) is 11.8 Å². The van der Waals surface area contributed by atoms with E-state index in [9.17, 15) is 14.7 Å². The molecule has 0 unspecified atom stereocenters. The zero-order valence-electron chi connectivity index (χ0n) is 13.4. The number of nitrogens with one attached hydrogen (secondary N) is 2. The van der Waals surface area contributed by atoms with Crippen molar-refractivity contribution in [2.45, 2.75) is 24.9 Å². The molecule has 8 heteroatoms. The lowest BCUT2D eigenvalue weighted by atomic mass is 10.2. The Morgan fingerprint density at radius 2 is 2.00 bits per heavy atom. The first-order valence-corrected chi connectivity index (χ1v) is 8.42. The maximum absolute atomic E-state index is 12.0. The van der Waals surface area contributed by atoms with Gasteiger partial charge in [0, 0.05) is 13.6 Å². The third-order valence-electron chi connectivity index (χ3n) is 3.31. The van der Waals surface area contributed by atoms with E-state index in [-0.39, 0.29) is 30.7 Å². The highest BCUT2D eigenvalue weighted by atomic mass is 32.2. The zero-order chi connectivity index (χ0) is 17.4. The highest BCUT2D eigenvalue weighted by Gasteiger charge is 2.14. The van der Waals surface area contributed by atoms with Gasteiger partial charge in [-0.15, -0.1) is 0 Å². The van der Waals surface area contributed by atoms with E-state index in [1.807, 2.05) is 30.3 Å². The fourth-order valence-corrected chi connectivity index (χ4v) is 2.83. The predicted octanol–water partition coefficient (Wildman–Crippen LogP) is 0.530. The molecule has 0 bridgehead atoms. The molecule has 0 atom stereocenters. The van der Waals surface area contributed by atoms with E-state index >= 15 is 0 Å². The third-order valence-corrected chi connectivity index (χ3v) is 4.30. The molecular weight excluding hydrogens is 328 g/mol. The van der Waals surface area contributed by atoms with Crippen LogP contribution in [0.25, 0.3) is 0 Å². The van der Waals surface area contributed by atoms with Crippen LogP contribution in [-0.2, 0) is 29.3 Å². The highest BCUT2D eigenvalue weighted by molar-refractivity contribution is 7.99. The lowest BCUT2D eigenvalue weighted by Gasteiger charge is -2.10. The minimum atomic E-state index is -0.218. The number of carbonyl (C=O) groups excluding carboxylic acids is 2. The molecule has 7 nitrogen and oxygen atoms in total. The highest BCUT2D eigenvalue weighted by Crippen LogP contribution is 2.18. The second-order valence-corrected chi connectivity index (χ2v) is 5.94. The van der Waals surface area contributed by atoms with Gasteiger partial charge in [0.05, 0.1) is 24.3 Å². The number of nitrogens with zero attached hydrogens (tertiary/aromatic N) is 2. The SMILES string of the molecule is CNC(=O)Cn1c(CO)cnc1SCC(=O)NCc1ccccc1. The third kappa shape index (κ3) is 5.10. The molecule has 1 aromatic heterocycles. The van der Waals surface area contributed by atoms with Gasteiger partial charge in [0.1, 0.15) is 6.54 Å². The number of amides is 2. The van der Waals surface area contributed by atoms with Gasteiger partial charge < -0.3 is 20.3 Å². The number of aliphatic hydroxyl groups is 1. The van der Waals surface area contributed by atoms with Gasteiger partial charge in [-0.05, 0) is 5.56 Å². The maximum Gasteiger partial charge on any atom is 0.239 e. The van der Waals surface area contributed by atoms with Gasteiger partial charge in [-0.2, -0.15) is 0 Å². The van der Waals surface area contributed by atoms with Crippen LogP contribution in [-0.4, -0.2) is 39.3 Å². The monoisotopic (exact) mass is 348 g/mol. The zero-order valence-corrected chi connectivity index (χ0v) is 14.2. The van der Waals surface area contributed by atoms with Crippen molar-refractivity contribution >= 4 is 23.6 Å². The van der Waals surface area contributed by atoms with Crippen LogP contribution in [0.2, 0.25) is 0 Å². The first-order valence-electron chi connectivity index (χ1n) is 7.43. The predicted molar refractivity (Wildman–Crippen MR) is 91.2 cm³/mol. The number of hydrogen-bond acceptors (Lipinski definition) is 5. The van der Waals surface area contributed by atoms with Crippen LogP contribution in [0.4, 0.5) is 0 Å². The van der Waals surface area contributed by atoms with Crippen LogP contribution in [0.15, 0.2) is 41.7 Å². The molecule has 0 aliphatic heterocycles. The molecule has 0 aliphatic rings. The largest absolute Gasteiger partial charge is 0.390 e. The van der Waals surface area contributed by atoms with Crippen molar-refractivity contribution in [1.82, 2.24) is 20.2 Å². The van der Waals surface area contributed by atoms with Crippen molar-refractivity contribution in [2.75, 3.05) is 12.8 Å². The van der Waals surface area contributed by atoms with Crippen LogP contribution in [0.3, 0.4) is 0 Å². The summed E-state index contributed by atoms with van der Waals surface area (Å²) in [5.41, 5.74) is 1.56. The Hall–Kier alpha value is -2.32. The summed E-state index contributed by atoms with van der Waals surface area (Å²) in [6.07, 6.45) is 1.51. The number of carbonyl (C=O) groups is 2. The molecule has 0 fully saturated rings. The normalized spacial score (nSPS) is 10.4. The molecule has 128 valence electrons. The molecule has 1 aromatic carbocycles. The van der Waals surface area contributed by atoms with E-state index in [1.165, 1.54) is 18.0 Å². The van der Waals surface area contributed by atoms with Gasteiger partial charge in [0.15, 0.2) is 5.16 Å². The van der Waals surface area contributed by atoms with E-state index in [0.717, 1.165) is 5.56 Å². The number of likely N-dealkylation sites (N-methyl/N-ethyl adjacent to an activating group) is 1. The first kappa shape index (κ1) is 18.0. The van der Waals surface area contributed by atoms with Gasteiger partial charge in [-0.3, -0.25) is 9.59 Å². The number of benzene rings is 1. The fourth-order valence-electron chi connectivity index (χ4n) is 2.00. The Balaban J connectivity index is 1.90. The summed E-state index contributed by atoms with van der Waals surface area (Å²) in [6.45, 7) is 0.305. The molecule has 0 saturated carbocycles. The van der Waals surface area contributed by atoms with Crippen molar-refractivity contribution in [3.8, 4) is 0 Å². The summed E-state index contributed by atoms with van der Waals surface area (Å²) in [5.74, 6) is -0.135. The molecule has 2 rings (SSSR count). The number of aromatic nitrogens is 2. The summed E-state index contributed by atoms with van der Waals surface area (Å²) < 4.78 is 1.61. The standard InChI is InChI=1S/C16H20N4O3S/c1-17-14(22)9-20-13(10-21)8-19-16(20)24-11-15(23)18-7-12-5-3-2-4-6-12/h2-6,8,21H,7,9-11H2,1H3,(H,17,22)(H,18,23). The number of aliphatic hydroxyl groups excluding tert-OH is 1. The topological polar surface area (TPSA) is 96.2 Å². The Morgan fingerprint density at radius 1 is 1.25 bits per heavy atom. The average Bonchev–Trinajstić information content (AvgIpc) is 3.00. The maximum atomic E-state index is 12.0. The minimum absolute atomic E-state index is 0.0559. The van der Waals surface area contributed by atoms with Gasteiger partial charge >= 0.3 is 0 Å². The van der Waals surface area contributed by atoms with Crippen LogP contribution in [0, 0.1) is 0 Å². The summed E-state index contributed by atoms with van der Waals surface area (Å²) in [5, 5.41) is 15.2. The summed E-state index contributed by atoms with van der Waals surface area (Å²) in [7, 11) is 1.54. The molecule has 2 amide bonds. The van der Waals surface area contributed by atoms with Crippen molar-refractivity contribution in [3.05, 3.63) is 47.8 Å². The Labute approximate surface area is 144 Å². The van der Waals surface area contributed by atoms with E-state index in [2.05, 4.69) is 15.6 Å². The molecule has 0 aliphatic carbocycles. The number of rotatable bonds is 8. The van der Waals surface area contributed by atoms with Gasteiger partial charge in [0.25, 0.3) is 0 Å². The molecule has 0 radical (unpaired) electrons. The smallest absolute Gasteiger partial charge is 0.239 e. The molecular formula is C16H20N4O3S. The minimum Gasteiger partial charge on any atom is -0.390 e. The van der Waals surface area contributed by atoms with E-state index in [0.29, 0.717) is 17.4 Å². The summed E-state index contributed by atoms with van der Waals surface area (Å²) in [6, 6.07) is 9.64. The summed E-state index contributed by atoms with van der Waals surface area (Å²) >= 11 is 1.23. The van der Waals surface area contributed by atoms with Gasteiger partial charge in [-0.1, -0.05) is 42.1 Å². The first-order chi connectivity index (χ1) is 11.6. The Bertz CT molecular complexity index is 688. The van der Waals surface area contributed by atoms with E-state index < -0.39 is 0 Å². The number of hydrogen-bond donors (Lipinski definition) is 3. The van der Waals surface area contributed by atoms with Crippen molar-refractivity contribution in [3.63, 3.8) is 0 Å². The number of thioether (sulfide) groups is 1. The molecule has 0 saturated heterocycles. The molecule has 0 spiro atoms. The average molecular weight is 348 g/mol. The van der Waals surface area contributed by atoms with Crippen LogP contribution >= 0.6 is 11.8 Å². The van der Waals surface area contributed by atoms with E-state index in [1.54, 1.807) is 11.6 Å². The second-order valence-electron chi connectivity index (χ2n) is 5.00. The van der Waals surface area contributed by atoms with Crippen LogP contribution in [0.5, 0.6) is 0 Å². The quantitative estimate of drug-likeness (QED) is 0.605.